The number of benzene rings is 2. The van der Waals surface area contributed by atoms with Crippen LogP contribution in [0.3, 0.4) is 0 Å². The van der Waals surface area contributed by atoms with Crippen molar-refractivity contribution in [3.05, 3.63) is 69.7 Å². The molecule has 106 valence electrons. The van der Waals surface area contributed by atoms with E-state index >= 15 is 0 Å². The van der Waals surface area contributed by atoms with Gasteiger partial charge in [-0.1, -0.05) is 40.2 Å². The molecule has 2 N–H and O–H groups in total. The molecule has 0 fully saturated rings. The SMILES string of the molecule is CC(N)(c1ccc(C(F)(F)F)cc1)c1cccc(Br)c1. The molecule has 1 unspecified atom stereocenters. The first-order valence-corrected chi connectivity index (χ1v) is 6.73. The van der Waals surface area contributed by atoms with Crippen molar-refractivity contribution < 1.29 is 13.2 Å². The molecule has 2 aromatic rings. The van der Waals surface area contributed by atoms with E-state index in [0.29, 0.717) is 5.56 Å². The molecule has 1 atom stereocenters. The van der Waals surface area contributed by atoms with Crippen LogP contribution in [0.15, 0.2) is 53.0 Å². The van der Waals surface area contributed by atoms with Gasteiger partial charge in [-0.05, 0) is 42.3 Å². The monoisotopic (exact) mass is 343 g/mol. The quantitative estimate of drug-likeness (QED) is 0.840. The summed E-state index contributed by atoms with van der Waals surface area (Å²) in [5.41, 5.74) is 6.21. The highest BCUT2D eigenvalue weighted by Gasteiger charge is 2.31. The third-order valence-electron chi connectivity index (χ3n) is 3.24. The van der Waals surface area contributed by atoms with Crippen molar-refractivity contribution in [1.29, 1.82) is 0 Å². The zero-order valence-electron chi connectivity index (χ0n) is 10.7. The Bertz CT molecular complexity index is 603. The Morgan fingerprint density at radius 3 is 1.95 bits per heavy atom. The normalized spacial score (nSPS) is 14.9. The van der Waals surface area contributed by atoms with E-state index in [4.69, 9.17) is 5.73 Å². The maximum Gasteiger partial charge on any atom is 0.416 e. The van der Waals surface area contributed by atoms with Gasteiger partial charge in [-0.3, -0.25) is 0 Å². The zero-order valence-corrected chi connectivity index (χ0v) is 12.3. The van der Waals surface area contributed by atoms with Gasteiger partial charge in [0, 0.05) is 4.47 Å². The van der Waals surface area contributed by atoms with Crippen molar-refractivity contribution in [3.8, 4) is 0 Å². The lowest BCUT2D eigenvalue weighted by molar-refractivity contribution is -0.137. The highest BCUT2D eigenvalue weighted by atomic mass is 79.9. The van der Waals surface area contributed by atoms with Crippen molar-refractivity contribution in [2.24, 2.45) is 5.73 Å². The fourth-order valence-corrected chi connectivity index (χ4v) is 2.38. The van der Waals surface area contributed by atoms with E-state index in [2.05, 4.69) is 15.9 Å². The number of nitrogens with two attached hydrogens (primary N) is 1. The van der Waals surface area contributed by atoms with Crippen molar-refractivity contribution in [2.45, 2.75) is 18.6 Å². The topological polar surface area (TPSA) is 26.0 Å². The minimum atomic E-state index is -4.33. The molecule has 0 aliphatic carbocycles. The summed E-state index contributed by atoms with van der Waals surface area (Å²) in [5.74, 6) is 0. The van der Waals surface area contributed by atoms with Gasteiger partial charge >= 0.3 is 6.18 Å². The highest BCUT2D eigenvalue weighted by Crippen LogP contribution is 2.32. The van der Waals surface area contributed by atoms with Gasteiger partial charge in [0.1, 0.15) is 0 Å². The molecule has 2 rings (SSSR count). The van der Waals surface area contributed by atoms with Crippen LogP contribution in [0.2, 0.25) is 0 Å². The van der Waals surface area contributed by atoms with Crippen LogP contribution in [0, 0.1) is 0 Å². The summed E-state index contributed by atoms with van der Waals surface area (Å²) < 4.78 is 38.5. The summed E-state index contributed by atoms with van der Waals surface area (Å²) in [6.07, 6.45) is -4.33. The largest absolute Gasteiger partial charge is 0.416 e. The Morgan fingerprint density at radius 2 is 1.45 bits per heavy atom. The smallest absolute Gasteiger partial charge is 0.318 e. The second-order valence-electron chi connectivity index (χ2n) is 4.79. The van der Waals surface area contributed by atoms with Crippen molar-refractivity contribution in [1.82, 2.24) is 0 Å². The molecule has 0 aliphatic rings. The van der Waals surface area contributed by atoms with Gasteiger partial charge in [-0.2, -0.15) is 13.2 Å². The van der Waals surface area contributed by atoms with Gasteiger partial charge in [0.2, 0.25) is 0 Å². The van der Waals surface area contributed by atoms with Crippen LogP contribution >= 0.6 is 15.9 Å². The highest BCUT2D eigenvalue weighted by molar-refractivity contribution is 9.10. The predicted octanol–water partition coefficient (Wildman–Crippen LogP) is 4.69. The number of rotatable bonds is 2. The zero-order chi connectivity index (χ0) is 15.0. The van der Waals surface area contributed by atoms with Crippen molar-refractivity contribution >= 4 is 15.9 Å². The van der Waals surface area contributed by atoms with E-state index in [9.17, 15) is 13.2 Å². The number of hydrogen-bond acceptors (Lipinski definition) is 1. The van der Waals surface area contributed by atoms with Crippen LogP contribution in [0.4, 0.5) is 13.2 Å². The number of halogens is 4. The predicted molar refractivity (Wildman–Crippen MR) is 76.2 cm³/mol. The third-order valence-corrected chi connectivity index (χ3v) is 3.73. The van der Waals surface area contributed by atoms with E-state index in [-0.39, 0.29) is 0 Å². The first-order valence-electron chi connectivity index (χ1n) is 5.94. The van der Waals surface area contributed by atoms with Crippen LogP contribution in [0.5, 0.6) is 0 Å². The van der Waals surface area contributed by atoms with Crippen molar-refractivity contribution in [3.63, 3.8) is 0 Å². The Kier molecular flexibility index (Phi) is 3.93. The summed E-state index contributed by atoms with van der Waals surface area (Å²) in [5, 5.41) is 0. The van der Waals surface area contributed by atoms with Gasteiger partial charge in [-0.25, -0.2) is 0 Å². The van der Waals surface area contributed by atoms with Crippen LogP contribution in [-0.4, -0.2) is 0 Å². The van der Waals surface area contributed by atoms with Crippen LogP contribution < -0.4 is 5.73 Å². The van der Waals surface area contributed by atoms with Crippen LogP contribution in [0.1, 0.15) is 23.6 Å². The molecule has 0 heterocycles. The summed E-state index contributed by atoms with van der Waals surface area (Å²) in [7, 11) is 0. The molecule has 0 amide bonds. The number of alkyl halides is 3. The van der Waals surface area contributed by atoms with E-state index < -0.39 is 17.3 Å². The summed E-state index contributed by atoms with van der Waals surface area (Å²) in [6.45, 7) is 1.78. The average Bonchev–Trinajstić information content (AvgIpc) is 2.38. The van der Waals surface area contributed by atoms with Gasteiger partial charge in [0.05, 0.1) is 11.1 Å². The Hall–Kier alpha value is -1.33. The molecule has 0 spiro atoms. The molecule has 0 saturated carbocycles. The second kappa shape index (κ2) is 5.22. The van der Waals surface area contributed by atoms with Crippen LogP contribution in [-0.2, 0) is 11.7 Å². The molecular weight excluding hydrogens is 331 g/mol. The molecule has 0 aromatic heterocycles. The Labute approximate surface area is 123 Å². The second-order valence-corrected chi connectivity index (χ2v) is 5.70. The maximum atomic E-state index is 12.6. The first kappa shape index (κ1) is 15.1. The van der Waals surface area contributed by atoms with E-state index in [1.165, 1.54) is 12.1 Å². The van der Waals surface area contributed by atoms with E-state index in [1.54, 1.807) is 6.92 Å². The Balaban J connectivity index is 2.39. The lowest BCUT2D eigenvalue weighted by Gasteiger charge is -2.26. The molecule has 0 saturated heterocycles. The average molecular weight is 344 g/mol. The van der Waals surface area contributed by atoms with Gasteiger partial charge in [0.25, 0.3) is 0 Å². The molecule has 0 radical (unpaired) electrons. The standard InChI is InChI=1S/C15H13BrF3N/c1-14(20,12-3-2-4-13(16)9-12)10-5-7-11(8-6-10)15(17,18)19/h2-9H,20H2,1H3. The molecule has 1 nitrogen and oxygen atoms in total. The van der Waals surface area contributed by atoms with Crippen LogP contribution in [0.25, 0.3) is 0 Å². The molecule has 0 bridgehead atoms. The van der Waals surface area contributed by atoms with Gasteiger partial charge < -0.3 is 5.73 Å². The molecule has 2 aromatic carbocycles. The van der Waals surface area contributed by atoms with Crippen molar-refractivity contribution in [2.75, 3.05) is 0 Å². The number of hydrogen-bond donors (Lipinski definition) is 1. The summed E-state index contributed by atoms with van der Waals surface area (Å²) in [6, 6.07) is 12.4. The fourth-order valence-electron chi connectivity index (χ4n) is 1.98. The first-order chi connectivity index (χ1) is 9.21. The molecule has 0 aliphatic heterocycles. The maximum absolute atomic E-state index is 12.6. The lowest BCUT2D eigenvalue weighted by Crippen LogP contribution is -2.34. The Morgan fingerprint density at radius 1 is 0.900 bits per heavy atom. The van der Waals surface area contributed by atoms with Gasteiger partial charge in [-0.15, -0.1) is 0 Å². The molecular formula is C15H13BrF3N. The summed E-state index contributed by atoms with van der Waals surface area (Å²) in [4.78, 5) is 0. The van der Waals surface area contributed by atoms with Gasteiger partial charge in [0.15, 0.2) is 0 Å². The van der Waals surface area contributed by atoms with E-state index in [0.717, 1.165) is 22.2 Å². The summed E-state index contributed by atoms with van der Waals surface area (Å²) >= 11 is 3.36. The fraction of sp³-hybridized carbons (Fsp3) is 0.200. The minimum absolute atomic E-state index is 0.628. The molecule has 5 heteroatoms. The molecule has 20 heavy (non-hydrogen) atoms. The minimum Gasteiger partial charge on any atom is -0.318 e. The third kappa shape index (κ3) is 3.04. The van der Waals surface area contributed by atoms with E-state index in [1.807, 2.05) is 24.3 Å². The lowest BCUT2D eigenvalue weighted by atomic mass is 9.85.